The molecule has 2 heterocycles. The van der Waals surface area contributed by atoms with E-state index in [1.54, 1.807) is 24.0 Å². The maximum atomic E-state index is 13.9. The van der Waals surface area contributed by atoms with Crippen molar-refractivity contribution >= 4 is 40.5 Å². The standard InChI is InChI=1S/C27H24ClN3O3/c1-2-34-26(33)23-24(19-11-8-12-20(28)17-19)31-22-14-7-6-13-21(22)29-27(31)30(25(23)32)16-15-18-9-4-3-5-10-18/h3-14,17,23-24H,2,15-16H2,1H3. The molecule has 0 saturated carbocycles. The number of carbonyl (C=O) groups excluding carboxylic acids is 2. The van der Waals surface area contributed by atoms with Crippen LogP contribution in [-0.2, 0) is 20.7 Å². The average molecular weight is 474 g/mol. The van der Waals surface area contributed by atoms with Gasteiger partial charge in [0.1, 0.15) is 0 Å². The second kappa shape index (κ2) is 9.31. The van der Waals surface area contributed by atoms with Crippen LogP contribution in [-0.4, -0.2) is 34.6 Å². The van der Waals surface area contributed by atoms with Crippen LogP contribution in [0.1, 0.15) is 24.1 Å². The van der Waals surface area contributed by atoms with Crippen molar-refractivity contribution < 1.29 is 14.3 Å². The molecule has 34 heavy (non-hydrogen) atoms. The molecule has 172 valence electrons. The van der Waals surface area contributed by atoms with E-state index in [9.17, 15) is 9.59 Å². The third kappa shape index (κ3) is 3.94. The van der Waals surface area contributed by atoms with E-state index < -0.39 is 17.9 Å². The molecule has 1 amide bonds. The molecule has 0 N–H and O–H groups in total. The Hall–Kier alpha value is -3.64. The highest BCUT2D eigenvalue weighted by atomic mass is 35.5. The molecular weight excluding hydrogens is 450 g/mol. The van der Waals surface area contributed by atoms with Crippen molar-refractivity contribution in [2.75, 3.05) is 18.1 Å². The third-order valence-corrected chi connectivity index (χ3v) is 6.38. The molecule has 1 aromatic heterocycles. The SMILES string of the molecule is CCOC(=O)C1C(=O)N(CCc2ccccc2)c2nc3ccccc3n2C1c1cccc(Cl)c1. The Morgan fingerprint density at radius 3 is 2.56 bits per heavy atom. The molecule has 4 aromatic rings. The van der Waals surface area contributed by atoms with Gasteiger partial charge in [-0.3, -0.25) is 14.5 Å². The Bertz CT molecular complexity index is 1350. The van der Waals surface area contributed by atoms with E-state index in [2.05, 4.69) is 0 Å². The van der Waals surface area contributed by atoms with Crippen LogP contribution in [0.5, 0.6) is 0 Å². The molecule has 1 aliphatic rings. The molecule has 2 unspecified atom stereocenters. The summed E-state index contributed by atoms with van der Waals surface area (Å²) in [5.74, 6) is -1.40. The molecule has 3 aromatic carbocycles. The Morgan fingerprint density at radius 2 is 1.79 bits per heavy atom. The number of nitrogens with zero attached hydrogens (tertiary/aromatic N) is 3. The Kier molecular flexibility index (Phi) is 6.07. The fourth-order valence-electron chi connectivity index (χ4n) is 4.64. The monoisotopic (exact) mass is 473 g/mol. The number of hydrogen-bond donors (Lipinski definition) is 0. The summed E-state index contributed by atoms with van der Waals surface area (Å²) in [6.07, 6.45) is 0.632. The molecule has 6 nitrogen and oxygen atoms in total. The van der Waals surface area contributed by atoms with E-state index >= 15 is 0 Å². The Labute approximate surface area is 202 Å². The minimum Gasteiger partial charge on any atom is -0.465 e. The molecule has 0 spiro atoms. The molecule has 7 heteroatoms. The number of halogens is 1. The van der Waals surface area contributed by atoms with Crippen molar-refractivity contribution in [3.8, 4) is 0 Å². The Balaban J connectivity index is 1.69. The van der Waals surface area contributed by atoms with E-state index in [4.69, 9.17) is 21.3 Å². The van der Waals surface area contributed by atoms with Crippen molar-refractivity contribution in [3.63, 3.8) is 0 Å². The molecular formula is C27H24ClN3O3. The number of rotatable bonds is 6. The summed E-state index contributed by atoms with van der Waals surface area (Å²) in [5.41, 5.74) is 3.45. The van der Waals surface area contributed by atoms with Crippen LogP contribution >= 0.6 is 11.6 Å². The summed E-state index contributed by atoms with van der Waals surface area (Å²) in [6.45, 7) is 2.32. The lowest BCUT2D eigenvalue weighted by molar-refractivity contribution is -0.153. The zero-order chi connectivity index (χ0) is 23.7. The van der Waals surface area contributed by atoms with Gasteiger partial charge in [-0.2, -0.15) is 0 Å². The molecule has 0 fully saturated rings. The van der Waals surface area contributed by atoms with Crippen molar-refractivity contribution in [2.45, 2.75) is 19.4 Å². The second-order valence-corrected chi connectivity index (χ2v) is 8.66. The number of benzene rings is 3. The van der Waals surface area contributed by atoms with Gasteiger partial charge in [0.25, 0.3) is 0 Å². The lowest BCUT2D eigenvalue weighted by atomic mass is 9.89. The van der Waals surface area contributed by atoms with Crippen molar-refractivity contribution in [3.05, 3.63) is 95.0 Å². The number of aromatic nitrogens is 2. The zero-order valence-electron chi connectivity index (χ0n) is 18.7. The van der Waals surface area contributed by atoms with Gasteiger partial charge in [0.05, 0.1) is 23.7 Å². The lowest BCUT2D eigenvalue weighted by Gasteiger charge is -2.38. The summed E-state index contributed by atoms with van der Waals surface area (Å²) in [6, 6.07) is 24.3. The fraction of sp³-hybridized carbons (Fsp3) is 0.222. The van der Waals surface area contributed by atoms with E-state index in [1.165, 1.54) is 0 Å². The van der Waals surface area contributed by atoms with Crippen LogP contribution < -0.4 is 4.90 Å². The summed E-state index contributed by atoms with van der Waals surface area (Å²) in [7, 11) is 0. The molecule has 5 rings (SSSR count). The van der Waals surface area contributed by atoms with Crippen LogP contribution in [0.15, 0.2) is 78.9 Å². The smallest absolute Gasteiger partial charge is 0.321 e. The summed E-state index contributed by atoms with van der Waals surface area (Å²) >= 11 is 6.32. The number of anilines is 1. The first-order valence-electron chi connectivity index (χ1n) is 11.3. The van der Waals surface area contributed by atoms with Gasteiger partial charge >= 0.3 is 5.97 Å². The molecule has 0 bridgehead atoms. The minimum absolute atomic E-state index is 0.187. The van der Waals surface area contributed by atoms with Crippen LogP contribution in [0.25, 0.3) is 11.0 Å². The number of para-hydroxylation sites is 2. The van der Waals surface area contributed by atoms with Crippen LogP contribution in [0.4, 0.5) is 5.95 Å². The average Bonchev–Trinajstić information content (AvgIpc) is 3.22. The first-order valence-corrected chi connectivity index (χ1v) is 11.7. The summed E-state index contributed by atoms with van der Waals surface area (Å²) in [4.78, 5) is 33.6. The van der Waals surface area contributed by atoms with Crippen LogP contribution in [0, 0.1) is 5.92 Å². The van der Waals surface area contributed by atoms with Crippen molar-refractivity contribution in [1.82, 2.24) is 9.55 Å². The number of amides is 1. The maximum Gasteiger partial charge on any atom is 0.321 e. The molecule has 1 aliphatic heterocycles. The van der Waals surface area contributed by atoms with Crippen molar-refractivity contribution in [1.29, 1.82) is 0 Å². The number of imidazole rings is 1. The quantitative estimate of drug-likeness (QED) is 0.290. The van der Waals surface area contributed by atoms with Gasteiger partial charge < -0.3 is 9.30 Å². The molecule has 0 aliphatic carbocycles. The topological polar surface area (TPSA) is 64.4 Å². The number of hydrogen-bond acceptors (Lipinski definition) is 4. The van der Waals surface area contributed by atoms with Crippen LogP contribution in [0.2, 0.25) is 5.02 Å². The normalized spacial score (nSPS) is 17.6. The zero-order valence-corrected chi connectivity index (χ0v) is 19.5. The lowest BCUT2D eigenvalue weighted by Crippen LogP contribution is -2.50. The van der Waals surface area contributed by atoms with Gasteiger partial charge in [-0.1, -0.05) is 66.2 Å². The van der Waals surface area contributed by atoms with Gasteiger partial charge in [0.2, 0.25) is 11.9 Å². The highest BCUT2D eigenvalue weighted by molar-refractivity contribution is 6.30. The number of esters is 1. The first kappa shape index (κ1) is 22.2. The minimum atomic E-state index is -1.06. The largest absolute Gasteiger partial charge is 0.465 e. The van der Waals surface area contributed by atoms with Crippen molar-refractivity contribution in [2.24, 2.45) is 5.92 Å². The number of fused-ring (bicyclic) bond motifs is 3. The van der Waals surface area contributed by atoms with Gasteiger partial charge in [-0.15, -0.1) is 0 Å². The summed E-state index contributed by atoms with van der Waals surface area (Å²) < 4.78 is 7.38. The predicted octanol–water partition coefficient (Wildman–Crippen LogP) is 5.05. The third-order valence-electron chi connectivity index (χ3n) is 6.14. The highest BCUT2D eigenvalue weighted by Gasteiger charge is 2.47. The van der Waals surface area contributed by atoms with Gasteiger partial charge in [-0.25, -0.2) is 4.98 Å². The van der Waals surface area contributed by atoms with Crippen LogP contribution in [0.3, 0.4) is 0 Å². The second-order valence-electron chi connectivity index (χ2n) is 8.23. The molecule has 2 atom stereocenters. The highest BCUT2D eigenvalue weighted by Crippen LogP contribution is 2.41. The van der Waals surface area contributed by atoms with E-state index in [0.29, 0.717) is 23.9 Å². The van der Waals surface area contributed by atoms with Gasteiger partial charge in [0, 0.05) is 11.6 Å². The number of ether oxygens (including phenoxy) is 1. The predicted molar refractivity (Wildman–Crippen MR) is 132 cm³/mol. The van der Waals surface area contributed by atoms with Gasteiger partial charge in [0.15, 0.2) is 5.92 Å². The van der Waals surface area contributed by atoms with E-state index in [1.807, 2.05) is 71.3 Å². The van der Waals surface area contributed by atoms with Gasteiger partial charge in [-0.05, 0) is 48.7 Å². The van der Waals surface area contributed by atoms with E-state index in [0.717, 1.165) is 22.2 Å². The van der Waals surface area contributed by atoms with E-state index in [-0.39, 0.29) is 12.5 Å². The molecule has 0 saturated heterocycles. The Morgan fingerprint density at radius 1 is 1.03 bits per heavy atom. The summed E-state index contributed by atoms with van der Waals surface area (Å²) in [5, 5.41) is 0.532. The fourth-order valence-corrected chi connectivity index (χ4v) is 4.84. The number of carbonyl (C=O) groups is 2. The maximum absolute atomic E-state index is 13.9. The first-order chi connectivity index (χ1) is 16.6. The molecule has 0 radical (unpaired) electrons.